The molecule has 0 saturated heterocycles. The zero-order valence-electron chi connectivity index (χ0n) is 17.6. The maximum atomic E-state index is 6.28. The quantitative estimate of drug-likeness (QED) is 0.402. The molecule has 0 bridgehead atoms. The van der Waals surface area contributed by atoms with Gasteiger partial charge in [-0.15, -0.1) is 0 Å². The Morgan fingerprint density at radius 2 is 1.96 bits per heavy atom. The van der Waals surface area contributed by atoms with Crippen LogP contribution >= 0.6 is 21.6 Å². The summed E-state index contributed by atoms with van der Waals surface area (Å²) in [6, 6.07) is 8.31. The van der Waals surface area contributed by atoms with E-state index in [4.69, 9.17) is 5.73 Å². The van der Waals surface area contributed by atoms with Crippen LogP contribution in [0.3, 0.4) is 0 Å². The predicted molar refractivity (Wildman–Crippen MR) is 122 cm³/mol. The lowest BCUT2D eigenvalue weighted by atomic mass is 9.89. The molecule has 3 N–H and O–H groups in total. The Labute approximate surface area is 169 Å². The summed E-state index contributed by atoms with van der Waals surface area (Å²) in [6.45, 7) is 12.4. The fourth-order valence-corrected chi connectivity index (χ4v) is 5.99. The monoisotopic (exact) mass is 395 g/mol. The van der Waals surface area contributed by atoms with Gasteiger partial charge in [-0.05, 0) is 66.3 Å². The van der Waals surface area contributed by atoms with Crippen LogP contribution in [0.4, 0.5) is 0 Å². The topological polar surface area (TPSA) is 41.3 Å². The summed E-state index contributed by atoms with van der Waals surface area (Å²) in [7, 11) is 8.26. The molecule has 0 amide bonds. The van der Waals surface area contributed by atoms with Crippen molar-refractivity contribution in [1.29, 1.82) is 0 Å². The first-order chi connectivity index (χ1) is 12.1. The molecule has 1 aromatic rings. The minimum absolute atomic E-state index is 0.0195. The van der Waals surface area contributed by atoms with Crippen LogP contribution in [0, 0.1) is 6.92 Å². The van der Waals surface area contributed by atoms with Crippen molar-refractivity contribution < 1.29 is 0 Å². The van der Waals surface area contributed by atoms with Crippen LogP contribution in [0.1, 0.15) is 51.7 Å². The molecule has 3 nitrogen and oxygen atoms in total. The van der Waals surface area contributed by atoms with E-state index < -0.39 is 0 Å². The summed E-state index contributed by atoms with van der Waals surface area (Å²) in [4.78, 5) is 2.24. The van der Waals surface area contributed by atoms with Crippen LogP contribution in [-0.2, 0) is 0 Å². The number of nitrogens with zero attached hydrogens (tertiary/aromatic N) is 1. The first-order valence-electron chi connectivity index (χ1n) is 9.33. The highest BCUT2D eigenvalue weighted by Crippen LogP contribution is 2.43. The molecule has 0 aliphatic carbocycles. The first kappa shape index (κ1) is 23.3. The minimum Gasteiger partial charge on any atom is -0.397 e. The Morgan fingerprint density at radius 1 is 1.27 bits per heavy atom. The second-order valence-electron chi connectivity index (χ2n) is 8.19. The number of benzene rings is 1. The second kappa shape index (κ2) is 10.5. The van der Waals surface area contributed by atoms with Gasteiger partial charge in [0, 0.05) is 28.8 Å². The SMILES string of the molecule is CCC(C)(CC(C)(C)N/C=C(\N)c1cccc(C)c1)SSCCN(C)C. The molecule has 26 heavy (non-hydrogen) atoms. The van der Waals surface area contributed by atoms with Crippen molar-refractivity contribution in [3.05, 3.63) is 41.6 Å². The Balaban J connectivity index is 2.65. The maximum absolute atomic E-state index is 6.28. The van der Waals surface area contributed by atoms with Gasteiger partial charge in [-0.3, -0.25) is 0 Å². The van der Waals surface area contributed by atoms with E-state index in [1.165, 1.54) is 5.56 Å². The zero-order valence-corrected chi connectivity index (χ0v) is 19.2. The predicted octanol–water partition coefficient (Wildman–Crippen LogP) is 5.12. The van der Waals surface area contributed by atoms with E-state index in [0.717, 1.165) is 36.4 Å². The summed E-state index contributed by atoms with van der Waals surface area (Å²) in [5.74, 6) is 1.15. The van der Waals surface area contributed by atoms with Crippen LogP contribution in [0.2, 0.25) is 0 Å². The van der Waals surface area contributed by atoms with Crippen molar-refractivity contribution in [1.82, 2.24) is 10.2 Å². The van der Waals surface area contributed by atoms with Gasteiger partial charge in [0.1, 0.15) is 0 Å². The normalized spacial score (nSPS) is 15.2. The molecule has 1 unspecified atom stereocenters. The van der Waals surface area contributed by atoms with Crippen molar-refractivity contribution in [3.8, 4) is 0 Å². The summed E-state index contributed by atoms with van der Waals surface area (Å²) < 4.78 is 0.236. The summed E-state index contributed by atoms with van der Waals surface area (Å²) >= 11 is 0. The zero-order chi connectivity index (χ0) is 19.8. The van der Waals surface area contributed by atoms with Crippen molar-refractivity contribution in [3.63, 3.8) is 0 Å². The van der Waals surface area contributed by atoms with E-state index >= 15 is 0 Å². The molecule has 148 valence electrons. The summed E-state index contributed by atoms with van der Waals surface area (Å²) in [5.41, 5.74) is 9.34. The van der Waals surface area contributed by atoms with Gasteiger partial charge in [0.2, 0.25) is 0 Å². The van der Waals surface area contributed by atoms with Crippen molar-refractivity contribution in [2.75, 3.05) is 26.4 Å². The van der Waals surface area contributed by atoms with E-state index in [1.807, 2.05) is 33.9 Å². The molecule has 0 aliphatic heterocycles. The molecule has 1 aromatic carbocycles. The lowest BCUT2D eigenvalue weighted by Gasteiger charge is -2.36. The van der Waals surface area contributed by atoms with Crippen molar-refractivity contribution in [2.45, 2.75) is 57.7 Å². The summed E-state index contributed by atoms with van der Waals surface area (Å²) in [6.07, 6.45) is 4.19. The third kappa shape index (κ3) is 8.74. The van der Waals surface area contributed by atoms with Gasteiger partial charge >= 0.3 is 0 Å². The molecule has 0 aromatic heterocycles. The third-order valence-corrected chi connectivity index (χ3v) is 7.78. The van der Waals surface area contributed by atoms with E-state index in [9.17, 15) is 0 Å². The number of hydrogen-bond acceptors (Lipinski definition) is 5. The van der Waals surface area contributed by atoms with Crippen LogP contribution in [-0.4, -0.2) is 41.6 Å². The molecule has 0 aliphatic rings. The standard InChI is InChI=1S/C21H37N3S2/c1-8-21(5,26-25-13-12-24(6)7)16-20(3,4)23-15-19(22)18-11-9-10-17(2)14-18/h9-11,14-15,23H,8,12-13,16,22H2,1-7H3/b19-15-. The molecular formula is C21H37N3S2. The maximum Gasteiger partial charge on any atom is 0.0547 e. The molecule has 0 heterocycles. The Kier molecular flexibility index (Phi) is 9.42. The van der Waals surface area contributed by atoms with E-state index in [0.29, 0.717) is 0 Å². The number of nitrogens with two attached hydrogens (primary N) is 1. The lowest BCUT2D eigenvalue weighted by molar-refractivity contribution is 0.357. The molecular weight excluding hydrogens is 358 g/mol. The van der Waals surface area contributed by atoms with E-state index in [-0.39, 0.29) is 10.3 Å². The highest BCUT2D eigenvalue weighted by Gasteiger charge is 2.31. The summed E-state index contributed by atoms with van der Waals surface area (Å²) in [5, 5.41) is 3.56. The van der Waals surface area contributed by atoms with Gasteiger partial charge in [0.15, 0.2) is 0 Å². The molecule has 1 rings (SSSR count). The van der Waals surface area contributed by atoms with Gasteiger partial charge in [-0.2, -0.15) is 0 Å². The Hall–Kier alpha value is -0.780. The average Bonchev–Trinajstić information content (AvgIpc) is 2.56. The van der Waals surface area contributed by atoms with E-state index in [2.05, 4.69) is 77.1 Å². The fourth-order valence-electron chi connectivity index (χ4n) is 2.78. The highest BCUT2D eigenvalue weighted by atomic mass is 33.1. The van der Waals surface area contributed by atoms with Crippen molar-refractivity contribution >= 4 is 27.3 Å². The smallest absolute Gasteiger partial charge is 0.0547 e. The number of rotatable bonds is 11. The Bertz CT molecular complexity index is 584. The van der Waals surface area contributed by atoms with Gasteiger partial charge in [-0.25, -0.2) is 0 Å². The highest BCUT2D eigenvalue weighted by molar-refractivity contribution is 8.77. The third-order valence-electron chi connectivity index (χ3n) is 4.42. The van der Waals surface area contributed by atoms with Crippen LogP contribution < -0.4 is 11.1 Å². The number of aryl methyl sites for hydroxylation is 1. The number of hydrogen-bond donors (Lipinski definition) is 2. The number of nitrogens with one attached hydrogen (secondary N) is 1. The lowest BCUT2D eigenvalue weighted by Crippen LogP contribution is -2.42. The molecule has 0 spiro atoms. The van der Waals surface area contributed by atoms with Crippen LogP contribution in [0.5, 0.6) is 0 Å². The minimum atomic E-state index is -0.0195. The van der Waals surface area contributed by atoms with Gasteiger partial charge in [0.25, 0.3) is 0 Å². The average molecular weight is 396 g/mol. The van der Waals surface area contributed by atoms with Gasteiger partial charge in [0.05, 0.1) is 5.70 Å². The fraction of sp³-hybridized carbons (Fsp3) is 0.619. The molecule has 0 fully saturated rings. The van der Waals surface area contributed by atoms with Crippen molar-refractivity contribution in [2.24, 2.45) is 5.73 Å². The van der Waals surface area contributed by atoms with Gasteiger partial charge < -0.3 is 16.0 Å². The largest absolute Gasteiger partial charge is 0.397 e. The van der Waals surface area contributed by atoms with Crippen LogP contribution in [0.25, 0.3) is 5.70 Å². The first-order valence-corrected chi connectivity index (χ1v) is 11.6. The molecule has 0 saturated carbocycles. The van der Waals surface area contributed by atoms with Crippen LogP contribution in [0.15, 0.2) is 30.5 Å². The van der Waals surface area contributed by atoms with E-state index in [1.54, 1.807) is 0 Å². The Morgan fingerprint density at radius 3 is 2.54 bits per heavy atom. The molecule has 5 heteroatoms. The second-order valence-corrected chi connectivity index (χ2v) is 11.2. The van der Waals surface area contributed by atoms with Gasteiger partial charge in [-0.1, -0.05) is 52.3 Å². The molecule has 1 atom stereocenters. The molecule has 0 radical (unpaired) electrons.